The van der Waals surface area contributed by atoms with E-state index in [0.717, 1.165) is 12.0 Å². The van der Waals surface area contributed by atoms with Crippen LogP contribution in [0.15, 0.2) is 24.3 Å². The molecule has 0 bridgehead atoms. The SMILES string of the molecule is COc1ccccc1C(C)(C)NS(=O)(=O)C[C@H]1CCOC1. The molecule has 0 saturated carbocycles. The summed E-state index contributed by atoms with van der Waals surface area (Å²) in [6, 6.07) is 7.44. The van der Waals surface area contributed by atoms with Crippen molar-refractivity contribution in [2.24, 2.45) is 5.92 Å². The average molecular weight is 313 g/mol. The molecule has 1 fully saturated rings. The van der Waals surface area contributed by atoms with Crippen LogP contribution in [0.2, 0.25) is 0 Å². The molecule has 2 rings (SSSR count). The Morgan fingerprint density at radius 3 is 2.71 bits per heavy atom. The number of ether oxygens (including phenoxy) is 2. The first kappa shape index (κ1) is 16.3. The van der Waals surface area contributed by atoms with Crippen LogP contribution in [0.1, 0.15) is 25.8 Å². The van der Waals surface area contributed by atoms with Crippen molar-refractivity contribution in [2.45, 2.75) is 25.8 Å². The summed E-state index contributed by atoms with van der Waals surface area (Å²) < 4.78 is 38.1. The van der Waals surface area contributed by atoms with Crippen molar-refractivity contribution in [3.05, 3.63) is 29.8 Å². The van der Waals surface area contributed by atoms with Gasteiger partial charge in [0.1, 0.15) is 5.75 Å². The molecule has 1 N–H and O–H groups in total. The Kier molecular flexibility index (Phi) is 4.91. The molecule has 0 spiro atoms. The van der Waals surface area contributed by atoms with Gasteiger partial charge in [0.2, 0.25) is 10.0 Å². The maximum atomic E-state index is 12.4. The number of nitrogens with one attached hydrogen (secondary N) is 1. The van der Waals surface area contributed by atoms with E-state index in [0.29, 0.717) is 19.0 Å². The van der Waals surface area contributed by atoms with Gasteiger partial charge in [-0.1, -0.05) is 18.2 Å². The van der Waals surface area contributed by atoms with E-state index in [1.54, 1.807) is 7.11 Å². The fourth-order valence-electron chi connectivity index (χ4n) is 2.67. The Bertz CT molecular complexity index is 577. The van der Waals surface area contributed by atoms with E-state index in [2.05, 4.69) is 4.72 Å². The van der Waals surface area contributed by atoms with Gasteiger partial charge in [0.05, 0.1) is 25.0 Å². The van der Waals surface area contributed by atoms with Crippen molar-refractivity contribution >= 4 is 10.0 Å². The second kappa shape index (κ2) is 6.34. The highest BCUT2D eigenvalue weighted by molar-refractivity contribution is 7.89. The minimum absolute atomic E-state index is 0.0796. The normalized spacial score (nSPS) is 19.7. The summed E-state index contributed by atoms with van der Waals surface area (Å²) in [5.41, 5.74) is 0.0870. The molecule has 1 aromatic rings. The summed E-state index contributed by atoms with van der Waals surface area (Å²) in [5, 5.41) is 0. The molecule has 1 aliphatic heterocycles. The molecule has 1 saturated heterocycles. The van der Waals surface area contributed by atoms with Gasteiger partial charge in [-0.25, -0.2) is 13.1 Å². The Balaban J connectivity index is 2.15. The molecule has 21 heavy (non-hydrogen) atoms. The molecule has 0 aliphatic carbocycles. The van der Waals surface area contributed by atoms with Crippen molar-refractivity contribution < 1.29 is 17.9 Å². The van der Waals surface area contributed by atoms with Crippen LogP contribution in [-0.2, 0) is 20.3 Å². The lowest BCUT2D eigenvalue weighted by molar-refractivity contribution is 0.188. The highest BCUT2D eigenvalue weighted by atomic mass is 32.2. The first-order valence-electron chi connectivity index (χ1n) is 7.07. The fourth-order valence-corrected chi connectivity index (χ4v) is 4.53. The van der Waals surface area contributed by atoms with Crippen molar-refractivity contribution in [1.82, 2.24) is 4.72 Å². The molecule has 0 amide bonds. The van der Waals surface area contributed by atoms with E-state index in [-0.39, 0.29) is 11.7 Å². The van der Waals surface area contributed by atoms with Gasteiger partial charge in [0, 0.05) is 12.2 Å². The zero-order valence-corrected chi connectivity index (χ0v) is 13.6. The van der Waals surface area contributed by atoms with E-state index in [1.807, 2.05) is 38.1 Å². The summed E-state index contributed by atoms with van der Waals surface area (Å²) in [6.07, 6.45) is 0.802. The summed E-state index contributed by atoms with van der Waals surface area (Å²) in [5.74, 6) is 0.858. The molecule has 1 aliphatic rings. The molecular formula is C15H23NO4S. The standard InChI is InChI=1S/C15H23NO4S/c1-15(2,13-6-4-5-7-14(13)19-3)16-21(17,18)11-12-8-9-20-10-12/h4-7,12,16H,8-11H2,1-3H3/t12-/m0/s1. The Hall–Kier alpha value is -1.11. The summed E-state index contributed by atoms with van der Waals surface area (Å²) >= 11 is 0. The molecule has 6 heteroatoms. The minimum atomic E-state index is -3.38. The highest BCUT2D eigenvalue weighted by Crippen LogP contribution is 2.30. The van der Waals surface area contributed by atoms with Gasteiger partial charge in [-0.2, -0.15) is 0 Å². The maximum absolute atomic E-state index is 12.4. The molecule has 5 nitrogen and oxygen atoms in total. The van der Waals surface area contributed by atoms with Gasteiger partial charge < -0.3 is 9.47 Å². The molecule has 1 aromatic carbocycles. The van der Waals surface area contributed by atoms with Gasteiger partial charge in [-0.05, 0) is 32.3 Å². The second-order valence-corrected chi connectivity index (χ2v) is 7.71. The van der Waals surface area contributed by atoms with Crippen molar-refractivity contribution in [3.8, 4) is 5.75 Å². The predicted octanol–water partition coefficient (Wildman–Crippen LogP) is 1.89. The van der Waals surface area contributed by atoms with Crippen LogP contribution >= 0.6 is 0 Å². The Morgan fingerprint density at radius 2 is 2.10 bits per heavy atom. The van der Waals surface area contributed by atoms with E-state index >= 15 is 0 Å². The molecular weight excluding hydrogens is 290 g/mol. The topological polar surface area (TPSA) is 64.6 Å². The van der Waals surface area contributed by atoms with Gasteiger partial charge in [-0.15, -0.1) is 0 Å². The minimum Gasteiger partial charge on any atom is -0.496 e. The largest absolute Gasteiger partial charge is 0.496 e. The number of hydrogen-bond acceptors (Lipinski definition) is 4. The number of rotatable bonds is 6. The zero-order chi connectivity index (χ0) is 15.5. The smallest absolute Gasteiger partial charge is 0.212 e. The monoisotopic (exact) mass is 313 g/mol. The van der Waals surface area contributed by atoms with Crippen LogP contribution in [0.25, 0.3) is 0 Å². The lowest BCUT2D eigenvalue weighted by Crippen LogP contribution is -2.43. The van der Waals surface area contributed by atoms with Crippen LogP contribution in [0.3, 0.4) is 0 Å². The Morgan fingerprint density at radius 1 is 1.38 bits per heavy atom. The first-order chi connectivity index (χ1) is 9.84. The van der Waals surface area contributed by atoms with E-state index in [1.165, 1.54) is 0 Å². The third-order valence-electron chi connectivity index (χ3n) is 3.67. The van der Waals surface area contributed by atoms with E-state index in [4.69, 9.17) is 9.47 Å². The van der Waals surface area contributed by atoms with Gasteiger partial charge in [0.25, 0.3) is 0 Å². The third-order valence-corrected chi connectivity index (χ3v) is 5.40. The lowest BCUT2D eigenvalue weighted by Gasteiger charge is -2.28. The quantitative estimate of drug-likeness (QED) is 0.871. The lowest BCUT2D eigenvalue weighted by atomic mass is 9.95. The van der Waals surface area contributed by atoms with Crippen LogP contribution in [0, 0.1) is 5.92 Å². The van der Waals surface area contributed by atoms with Crippen molar-refractivity contribution in [2.75, 3.05) is 26.1 Å². The molecule has 0 unspecified atom stereocenters. The fraction of sp³-hybridized carbons (Fsp3) is 0.600. The van der Waals surface area contributed by atoms with Crippen molar-refractivity contribution in [1.29, 1.82) is 0 Å². The molecule has 0 radical (unpaired) electrons. The van der Waals surface area contributed by atoms with Gasteiger partial charge in [-0.3, -0.25) is 0 Å². The predicted molar refractivity (Wildman–Crippen MR) is 81.9 cm³/mol. The number of para-hydroxylation sites is 1. The number of sulfonamides is 1. The van der Waals surface area contributed by atoms with Crippen molar-refractivity contribution in [3.63, 3.8) is 0 Å². The molecule has 118 valence electrons. The number of methoxy groups -OCH3 is 1. The van der Waals surface area contributed by atoms with Crippen LogP contribution < -0.4 is 9.46 Å². The highest BCUT2D eigenvalue weighted by Gasteiger charge is 2.31. The number of benzene rings is 1. The number of hydrogen-bond donors (Lipinski definition) is 1. The Labute approximate surface area is 126 Å². The van der Waals surface area contributed by atoms with E-state index in [9.17, 15) is 8.42 Å². The van der Waals surface area contributed by atoms with Crippen LogP contribution in [0.4, 0.5) is 0 Å². The molecule has 1 atom stereocenters. The van der Waals surface area contributed by atoms with Gasteiger partial charge >= 0.3 is 0 Å². The average Bonchev–Trinajstić information content (AvgIpc) is 2.89. The third kappa shape index (κ3) is 4.18. The summed E-state index contributed by atoms with van der Waals surface area (Å²) in [7, 11) is -1.80. The maximum Gasteiger partial charge on any atom is 0.212 e. The van der Waals surface area contributed by atoms with Crippen LogP contribution in [0.5, 0.6) is 5.75 Å². The second-order valence-electron chi connectivity index (χ2n) is 5.94. The van der Waals surface area contributed by atoms with Gasteiger partial charge in [0.15, 0.2) is 0 Å². The first-order valence-corrected chi connectivity index (χ1v) is 8.72. The summed E-state index contributed by atoms with van der Waals surface area (Å²) in [4.78, 5) is 0. The van der Waals surface area contributed by atoms with Crippen LogP contribution in [-0.4, -0.2) is 34.5 Å². The zero-order valence-electron chi connectivity index (χ0n) is 12.8. The molecule has 1 heterocycles. The van der Waals surface area contributed by atoms with E-state index < -0.39 is 15.6 Å². The summed E-state index contributed by atoms with van der Waals surface area (Å²) in [6.45, 7) is 4.85. The molecule has 0 aromatic heterocycles.